The summed E-state index contributed by atoms with van der Waals surface area (Å²) in [6, 6.07) is 0. The van der Waals surface area contributed by atoms with Crippen molar-refractivity contribution in [2.75, 3.05) is 0 Å². The molecule has 4 aliphatic rings. The lowest BCUT2D eigenvalue weighted by Crippen LogP contribution is -2.67. The molecule has 0 aromatic carbocycles. The molecule has 40 heavy (non-hydrogen) atoms. The van der Waals surface area contributed by atoms with Crippen LogP contribution in [0.5, 0.6) is 0 Å². The molecule has 4 fully saturated rings. The van der Waals surface area contributed by atoms with Gasteiger partial charge in [0.25, 0.3) is 0 Å². The first-order valence-corrected chi connectivity index (χ1v) is 15.4. The van der Waals surface area contributed by atoms with Crippen LogP contribution in [-0.2, 0) is 19.1 Å². The molecule has 6 nitrogen and oxygen atoms in total. The smallest absolute Gasteiger partial charge is 0.311 e. The number of carbonyl (C=O) groups excluding carboxylic acids is 2. The van der Waals surface area contributed by atoms with Gasteiger partial charge in [0, 0.05) is 18.3 Å². The molecular weight excluding hydrogens is 504 g/mol. The zero-order valence-corrected chi connectivity index (χ0v) is 26.4. The molecule has 0 aromatic heterocycles. The van der Waals surface area contributed by atoms with Crippen LogP contribution in [0, 0.1) is 52.3 Å². The molecule has 5 unspecified atom stereocenters. The molecule has 6 heteroatoms. The van der Waals surface area contributed by atoms with E-state index < -0.39 is 17.2 Å². The summed E-state index contributed by atoms with van der Waals surface area (Å²) in [6.07, 6.45) is 10.1. The van der Waals surface area contributed by atoms with Gasteiger partial charge in [0.2, 0.25) is 0 Å². The normalized spacial score (nSPS) is 44.2. The fourth-order valence-corrected chi connectivity index (χ4v) is 10.8. The Morgan fingerprint density at radius 3 is 2.12 bits per heavy atom. The Kier molecular flexibility index (Phi) is 7.97. The van der Waals surface area contributed by atoms with E-state index in [0.29, 0.717) is 18.3 Å². The maximum Gasteiger partial charge on any atom is 0.311 e. The quantitative estimate of drug-likeness (QED) is 0.293. The van der Waals surface area contributed by atoms with Gasteiger partial charge in [0.1, 0.15) is 12.2 Å². The van der Waals surface area contributed by atoms with Crippen LogP contribution in [0.15, 0.2) is 12.2 Å². The first-order chi connectivity index (χ1) is 18.2. The molecule has 0 aliphatic heterocycles. The molecule has 0 spiro atoms. The van der Waals surface area contributed by atoms with Gasteiger partial charge in [0.05, 0.1) is 18.1 Å². The number of fused-ring (bicyclic) bond motifs is 5. The standard InChI is InChI=1S/C34H54O6/c1-21(35)39-24-20-26-31(7)17-14-27(40-22(2)36)30(5,6)25(31)13-19-32(26,8)33(9)18-12-23(28(24)33)34(10,38)16-11-15-29(3,4)37/h2,11,15,23-28,37-38H,12-14,16-20H2,1,3-10H3/b15-11+/t23?,24-,25?,26?,27-,28?,31+,32-,33-,34?/m1/s1. The topological polar surface area (TPSA) is 93.1 Å². The zero-order chi connectivity index (χ0) is 30.1. The molecular formula is C34H54O6. The molecule has 4 aliphatic carbocycles. The summed E-state index contributed by atoms with van der Waals surface area (Å²) in [5.41, 5.74) is -2.23. The van der Waals surface area contributed by atoms with E-state index in [9.17, 15) is 19.8 Å². The Morgan fingerprint density at radius 1 is 0.925 bits per heavy atom. The Balaban J connectivity index is 1.72. The number of hydrogen-bond acceptors (Lipinski definition) is 6. The second kappa shape index (κ2) is 10.1. The van der Waals surface area contributed by atoms with E-state index in [2.05, 4.69) is 34.6 Å². The van der Waals surface area contributed by atoms with Gasteiger partial charge in [-0.1, -0.05) is 46.8 Å². The molecule has 0 heterocycles. The second-order valence-corrected chi connectivity index (χ2v) is 15.9. The minimum Gasteiger partial charge on any atom is -0.462 e. The second-order valence-electron chi connectivity index (χ2n) is 15.9. The van der Waals surface area contributed by atoms with Gasteiger partial charge in [-0.05, 0) is 106 Å². The number of hydrogen-bond donors (Lipinski definition) is 2. The number of esters is 2. The average Bonchev–Trinajstić information content (AvgIpc) is 3.16. The third-order valence-corrected chi connectivity index (χ3v) is 12.7. The van der Waals surface area contributed by atoms with Crippen LogP contribution in [0.3, 0.4) is 0 Å². The van der Waals surface area contributed by atoms with Crippen LogP contribution in [0.1, 0.15) is 114 Å². The van der Waals surface area contributed by atoms with Crippen molar-refractivity contribution < 1.29 is 29.3 Å². The Hall–Kier alpha value is -1.40. The van der Waals surface area contributed by atoms with Gasteiger partial charge in [-0.15, -0.1) is 0 Å². The summed E-state index contributed by atoms with van der Waals surface area (Å²) >= 11 is 0. The summed E-state index contributed by atoms with van der Waals surface area (Å²) in [6.45, 7) is 24.1. The van der Waals surface area contributed by atoms with E-state index in [1.807, 2.05) is 13.0 Å². The van der Waals surface area contributed by atoms with Crippen molar-refractivity contribution in [1.82, 2.24) is 0 Å². The summed E-state index contributed by atoms with van der Waals surface area (Å²) < 4.78 is 11.9. The van der Waals surface area contributed by atoms with Crippen molar-refractivity contribution in [2.45, 2.75) is 137 Å². The third kappa shape index (κ3) is 5.08. The molecule has 0 aromatic rings. The minimum atomic E-state index is -0.987. The van der Waals surface area contributed by atoms with Gasteiger partial charge in [-0.2, -0.15) is 0 Å². The lowest BCUT2D eigenvalue weighted by atomic mass is 9.35. The van der Waals surface area contributed by atoms with Crippen LogP contribution < -0.4 is 0 Å². The molecule has 0 bridgehead atoms. The van der Waals surface area contributed by atoms with Crippen LogP contribution >= 0.6 is 0 Å². The van der Waals surface area contributed by atoms with E-state index in [1.54, 1.807) is 19.9 Å². The van der Waals surface area contributed by atoms with Crippen molar-refractivity contribution in [3.8, 4) is 0 Å². The first-order valence-electron chi connectivity index (χ1n) is 15.4. The van der Waals surface area contributed by atoms with E-state index in [4.69, 9.17) is 16.4 Å². The van der Waals surface area contributed by atoms with E-state index in [1.165, 1.54) is 6.92 Å². The molecule has 0 amide bonds. The highest BCUT2D eigenvalue weighted by Gasteiger charge is 2.72. The highest BCUT2D eigenvalue weighted by molar-refractivity contribution is 5.74. The number of carbonyl (C=O) groups is 2. The average molecular weight is 559 g/mol. The van der Waals surface area contributed by atoms with Crippen molar-refractivity contribution >= 4 is 11.9 Å². The predicted molar refractivity (Wildman–Crippen MR) is 155 cm³/mol. The van der Waals surface area contributed by atoms with Crippen molar-refractivity contribution in [3.05, 3.63) is 19.1 Å². The lowest BCUT2D eigenvalue weighted by molar-refractivity contribution is -0.252. The number of aliphatic hydroxyl groups is 2. The highest BCUT2D eigenvalue weighted by atomic mass is 16.5. The Morgan fingerprint density at radius 2 is 1.55 bits per heavy atom. The van der Waals surface area contributed by atoms with E-state index in [-0.39, 0.29) is 51.7 Å². The largest absolute Gasteiger partial charge is 0.462 e. The highest BCUT2D eigenvalue weighted by Crippen LogP contribution is 2.76. The van der Waals surface area contributed by atoms with Crippen molar-refractivity contribution in [1.29, 1.82) is 0 Å². The Labute approximate surface area is 242 Å². The molecule has 0 saturated heterocycles. The van der Waals surface area contributed by atoms with E-state index in [0.717, 1.165) is 44.9 Å². The van der Waals surface area contributed by atoms with Crippen LogP contribution in [-0.4, -0.2) is 45.6 Å². The molecule has 2 radical (unpaired) electrons. The fourth-order valence-electron chi connectivity index (χ4n) is 10.8. The SMILES string of the molecule is [CH]C(=O)O[C@@H]1CC[C@@]2(C)C(CC[C@]3(C)C2C[C@@H](OC(C)=O)C2C(C(C)(O)C/C=C/C(C)(C)O)CC[C@]23C)C1(C)C. The molecule has 4 rings (SSSR count). The predicted octanol–water partition coefficient (Wildman–Crippen LogP) is 6.30. The van der Waals surface area contributed by atoms with Crippen molar-refractivity contribution in [2.24, 2.45) is 45.3 Å². The van der Waals surface area contributed by atoms with Gasteiger partial charge >= 0.3 is 11.9 Å². The molecule has 10 atom stereocenters. The summed E-state index contributed by atoms with van der Waals surface area (Å²) in [5.74, 6) is -0.261. The zero-order valence-electron chi connectivity index (χ0n) is 26.4. The number of ether oxygens (including phenoxy) is 2. The number of rotatable bonds is 6. The summed E-state index contributed by atoms with van der Waals surface area (Å²) in [4.78, 5) is 24.2. The fraction of sp³-hybridized carbons (Fsp3) is 0.853. The van der Waals surface area contributed by atoms with Gasteiger partial charge < -0.3 is 19.7 Å². The van der Waals surface area contributed by atoms with E-state index >= 15 is 0 Å². The molecule has 226 valence electrons. The molecule has 4 saturated carbocycles. The first kappa shape index (κ1) is 31.5. The maximum absolute atomic E-state index is 12.5. The van der Waals surface area contributed by atoms with Crippen LogP contribution in [0.4, 0.5) is 0 Å². The third-order valence-electron chi connectivity index (χ3n) is 12.7. The monoisotopic (exact) mass is 558 g/mol. The van der Waals surface area contributed by atoms with Gasteiger partial charge in [-0.3, -0.25) is 9.59 Å². The van der Waals surface area contributed by atoms with Crippen molar-refractivity contribution in [3.63, 3.8) is 0 Å². The lowest BCUT2D eigenvalue weighted by Gasteiger charge is -2.70. The summed E-state index contributed by atoms with van der Waals surface area (Å²) in [7, 11) is 0. The van der Waals surface area contributed by atoms with Gasteiger partial charge in [-0.25, -0.2) is 0 Å². The van der Waals surface area contributed by atoms with Gasteiger partial charge in [0.15, 0.2) is 0 Å². The van der Waals surface area contributed by atoms with Crippen LogP contribution in [0.25, 0.3) is 0 Å². The Bertz CT molecular complexity index is 1020. The minimum absolute atomic E-state index is 0.00354. The maximum atomic E-state index is 12.5. The van der Waals surface area contributed by atoms with Crippen LogP contribution in [0.2, 0.25) is 0 Å². The molecule has 2 N–H and O–H groups in total. The summed E-state index contributed by atoms with van der Waals surface area (Å²) in [5, 5.41) is 22.1.